The summed E-state index contributed by atoms with van der Waals surface area (Å²) in [5.74, 6) is 0. The second-order valence-electron chi connectivity index (χ2n) is 10.6. The molecule has 1 aliphatic heterocycles. The molecule has 3 nitrogen and oxygen atoms in total. The largest absolute Gasteiger partial charge is 0.378 e. The van der Waals surface area contributed by atoms with Crippen LogP contribution in [0.5, 0.6) is 0 Å². The molecule has 0 aliphatic carbocycles. The Morgan fingerprint density at radius 1 is 0.553 bits per heavy atom. The van der Waals surface area contributed by atoms with Crippen molar-refractivity contribution in [3.63, 3.8) is 0 Å². The van der Waals surface area contributed by atoms with Gasteiger partial charge in [0, 0.05) is 55.9 Å². The number of rotatable bonds is 9. The SMILES string of the molecule is CCCCCCN1c2ccc(-c3ccc(N(C)C)cc3)cc2Sc2cc(-c3ccc(N(C)C)cc3)ccc21. The molecule has 38 heavy (non-hydrogen) atoms. The van der Waals surface area contributed by atoms with Gasteiger partial charge in [-0.05, 0) is 77.2 Å². The average molecular weight is 522 g/mol. The molecule has 0 aromatic heterocycles. The van der Waals surface area contributed by atoms with E-state index < -0.39 is 0 Å². The molecule has 5 rings (SSSR count). The maximum Gasteiger partial charge on any atom is 0.0553 e. The van der Waals surface area contributed by atoms with Gasteiger partial charge in [0.05, 0.1) is 11.4 Å². The molecule has 4 aromatic rings. The summed E-state index contributed by atoms with van der Waals surface area (Å²) < 4.78 is 0. The second-order valence-corrected chi connectivity index (χ2v) is 11.6. The summed E-state index contributed by atoms with van der Waals surface area (Å²) in [6, 6.07) is 31.7. The lowest BCUT2D eigenvalue weighted by Crippen LogP contribution is -2.22. The number of nitrogens with zero attached hydrogens (tertiary/aromatic N) is 3. The minimum atomic E-state index is 1.05. The number of hydrogen-bond donors (Lipinski definition) is 0. The number of fused-ring (bicyclic) bond motifs is 2. The second kappa shape index (κ2) is 11.6. The normalized spacial score (nSPS) is 12.2. The Morgan fingerprint density at radius 2 is 1.00 bits per heavy atom. The lowest BCUT2D eigenvalue weighted by Gasteiger charge is -2.33. The number of benzene rings is 4. The van der Waals surface area contributed by atoms with Crippen LogP contribution in [0.3, 0.4) is 0 Å². The fourth-order valence-corrected chi connectivity index (χ4v) is 6.26. The lowest BCUT2D eigenvalue weighted by atomic mass is 10.0. The summed E-state index contributed by atoms with van der Waals surface area (Å²) in [5.41, 5.74) is 10.2. The third-order valence-electron chi connectivity index (χ3n) is 7.39. The van der Waals surface area contributed by atoms with Crippen molar-refractivity contribution in [3.05, 3.63) is 84.9 Å². The Kier molecular flexibility index (Phi) is 7.99. The predicted molar refractivity (Wildman–Crippen MR) is 168 cm³/mol. The van der Waals surface area contributed by atoms with Crippen LogP contribution in [0.1, 0.15) is 32.6 Å². The topological polar surface area (TPSA) is 9.72 Å². The van der Waals surface area contributed by atoms with E-state index in [-0.39, 0.29) is 0 Å². The van der Waals surface area contributed by atoms with E-state index in [2.05, 4.69) is 135 Å². The van der Waals surface area contributed by atoms with Gasteiger partial charge in [-0.15, -0.1) is 0 Å². The molecule has 0 fully saturated rings. The highest BCUT2D eigenvalue weighted by Gasteiger charge is 2.24. The molecule has 0 radical (unpaired) electrons. The molecule has 4 heteroatoms. The van der Waals surface area contributed by atoms with Crippen molar-refractivity contribution in [2.24, 2.45) is 0 Å². The molecule has 1 aliphatic rings. The Labute approximate surface area is 233 Å². The van der Waals surface area contributed by atoms with Gasteiger partial charge in [0.1, 0.15) is 0 Å². The minimum absolute atomic E-state index is 1.05. The first-order chi connectivity index (χ1) is 18.4. The molecule has 0 atom stereocenters. The van der Waals surface area contributed by atoms with Crippen LogP contribution in [-0.2, 0) is 0 Å². The van der Waals surface area contributed by atoms with Gasteiger partial charge in [-0.25, -0.2) is 0 Å². The maximum absolute atomic E-state index is 2.55. The van der Waals surface area contributed by atoms with E-state index in [1.807, 2.05) is 11.8 Å². The zero-order valence-corrected chi connectivity index (χ0v) is 24.2. The van der Waals surface area contributed by atoms with Gasteiger partial charge in [0.25, 0.3) is 0 Å². The molecule has 0 bridgehead atoms. The van der Waals surface area contributed by atoms with Gasteiger partial charge in [0.2, 0.25) is 0 Å². The van der Waals surface area contributed by atoms with Crippen molar-refractivity contribution < 1.29 is 0 Å². The zero-order valence-electron chi connectivity index (χ0n) is 23.4. The van der Waals surface area contributed by atoms with Crippen molar-refractivity contribution in [3.8, 4) is 22.3 Å². The Balaban J connectivity index is 1.49. The summed E-state index contributed by atoms with van der Waals surface area (Å²) in [6.07, 6.45) is 5.04. The van der Waals surface area contributed by atoms with Crippen LogP contribution in [0, 0.1) is 0 Å². The van der Waals surface area contributed by atoms with E-state index in [1.165, 1.54) is 80.5 Å². The van der Waals surface area contributed by atoms with Gasteiger partial charge >= 0.3 is 0 Å². The first-order valence-corrected chi connectivity index (χ1v) is 14.6. The van der Waals surface area contributed by atoms with Crippen LogP contribution in [0.4, 0.5) is 22.7 Å². The number of anilines is 4. The first kappa shape index (κ1) is 26.2. The highest BCUT2D eigenvalue weighted by Crippen LogP contribution is 2.50. The highest BCUT2D eigenvalue weighted by molar-refractivity contribution is 7.99. The number of hydrogen-bond acceptors (Lipinski definition) is 4. The van der Waals surface area contributed by atoms with Crippen molar-refractivity contribution in [1.82, 2.24) is 0 Å². The van der Waals surface area contributed by atoms with Crippen molar-refractivity contribution in [2.45, 2.75) is 42.4 Å². The maximum atomic E-state index is 2.55. The Bertz CT molecular complexity index is 1270. The van der Waals surface area contributed by atoms with E-state index in [0.29, 0.717) is 0 Å². The average Bonchev–Trinajstić information content (AvgIpc) is 2.94. The van der Waals surface area contributed by atoms with Crippen LogP contribution in [0.15, 0.2) is 94.7 Å². The van der Waals surface area contributed by atoms with Gasteiger partial charge in [0.15, 0.2) is 0 Å². The van der Waals surface area contributed by atoms with E-state index in [1.54, 1.807) is 0 Å². The van der Waals surface area contributed by atoms with Gasteiger partial charge in [-0.3, -0.25) is 0 Å². The minimum Gasteiger partial charge on any atom is -0.378 e. The predicted octanol–water partition coefficient (Wildman–Crippen LogP) is 9.34. The van der Waals surface area contributed by atoms with Crippen molar-refractivity contribution in [1.29, 1.82) is 0 Å². The third kappa shape index (κ3) is 5.56. The Morgan fingerprint density at radius 3 is 1.42 bits per heavy atom. The molecule has 4 aromatic carbocycles. The third-order valence-corrected chi connectivity index (χ3v) is 8.48. The van der Waals surface area contributed by atoms with E-state index >= 15 is 0 Å². The number of unbranched alkanes of at least 4 members (excludes halogenated alkanes) is 3. The fraction of sp³-hybridized carbons (Fsp3) is 0.294. The molecule has 0 amide bonds. The van der Waals surface area contributed by atoms with E-state index in [4.69, 9.17) is 0 Å². The standard InChI is InChI=1S/C34H39N3S/c1-6-7-8-9-22-37-31-20-14-27(25-10-16-29(17-11-25)35(2)3)23-33(31)38-34-24-28(15-21-32(34)37)26-12-18-30(19-13-26)36(4)5/h10-21,23-24H,6-9,22H2,1-5H3. The highest BCUT2D eigenvalue weighted by atomic mass is 32.2. The van der Waals surface area contributed by atoms with E-state index in [9.17, 15) is 0 Å². The van der Waals surface area contributed by atoms with Crippen LogP contribution < -0.4 is 14.7 Å². The smallest absolute Gasteiger partial charge is 0.0553 e. The van der Waals surface area contributed by atoms with Crippen LogP contribution in [0.2, 0.25) is 0 Å². The van der Waals surface area contributed by atoms with Gasteiger partial charge in [-0.1, -0.05) is 74.3 Å². The molecular formula is C34H39N3S. The fourth-order valence-electron chi connectivity index (χ4n) is 5.09. The zero-order chi connectivity index (χ0) is 26.6. The molecule has 0 N–H and O–H groups in total. The summed E-state index contributed by atoms with van der Waals surface area (Å²) in [5, 5.41) is 0. The monoisotopic (exact) mass is 521 g/mol. The lowest BCUT2D eigenvalue weighted by molar-refractivity contribution is 0.666. The molecule has 196 valence electrons. The summed E-state index contributed by atoms with van der Waals surface area (Å²) in [7, 11) is 8.34. The van der Waals surface area contributed by atoms with Gasteiger partial charge < -0.3 is 14.7 Å². The van der Waals surface area contributed by atoms with Crippen molar-refractivity contribution >= 4 is 34.5 Å². The molecule has 0 unspecified atom stereocenters. The molecule has 0 saturated carbocycles. The van der Waals surface area contributed by atoms with Crippen LogP contribution in [0.25, 0.3) is 22.3 Å². The molecule has 0 saturated heterocycles. The van der Waals surface area contributed by atoms with Crippen molar-refractivity contribution in [2.75, 3.05) is 49.4 Å². The summed E-state index contributed by atoms with van der Waals surface area (Å²) in [6.45, 7) is 3.33. The quantitative estimate of drug-likeness (QED) is 0.203. The summed E-state index contributed by atoms with van der Waals surface area (Å²) >= 11 is 1.91. The van der Waals surface area contributed by atoms with Crippen LogP contribution >= 0.6 is 11.8 Å². The van der Waals surface area contributed by atoms with E-state index in [0.717, 1.165) is 6.54 Å². The molecule has 0 spiro atoms. The molecule has 1 heterocycles. The first-order valence-electron chi connectivity index (χ1n) is 13.7. The summed E-state index contributed by atoms with van der Waals surface area (Å²) in [4.78, 5) is 9.51. The Hall–Kier alpha value is -3.37. The van der Waals surface area contributed by atoms with Gasteiger partial charge in [-0.2, -0.15) is 0 Å². The van der Waals surface area contributed by atoms with Crippen LogP contribution in [-0.4, -0.2) is 34.7 Å². The molecular weight excluding hydrogens is 482 g/mol.